The summed E-state index contributed by atoms with van der Waals surface area (Å²) >= 11 is 24.7. The van der Waals surface area contributed by atoms with E-state index in [9.17, 15) is 0 Å². The second-order valence-corrected chi connectivity index (χ2v) is 10.0. The average Bonchev–Trinajstić information content (AvgIpc) is 2.89. The molecule has 0 saturated carbocycles. The molecule has 5 nitrogen and oxygen atoms in total. The van der Waals surface area contributed by atoms with Gasteiger partial charge in [0.15, 0.2) is 0 Å². The van der Waals surface area contributed by atoms with E-state index in [0.717, 1.165) is 0 Å². The zero-order valence-corrected chi connectivity index (χ0v) is 16.7. The standard InChI is InChI=1S/C13H14Cl4NO4P/c1-6-7(2)20-23(19-6,5-18(3)4)21-12-10(16)8(14)9(15)11(17)13(12)22-23/h5H2,1-4H3. The van der Waals surface area contributed by atoms with Gasteiger partial charge < -0.3 is 0 Å². The fourth-order valence-corrected chi connectivity index (χ4v) is 7.20. The molecule has 3 rings (SSSR count). The Bertz CT molecular complexity index is 697. The van der Waals surface area contributed by atoms with Crippen LogP contribution in [0.25, 0.3) is 0 Å². The molecule has 2 aliphatic rings. The summed E-state index contributed by atoms with van der Waals surface area (Å²) in [5.41, 5.74) is 0. The quantitative estimate of drug-likeness (QED) is 0.328. The molecule has 1 spiro atoms. The number of allylic oxidation sites excluding steroid dienone is 2. The summed E-state index contributed by atoms with van der Waals surface area (Å²) in [6.45, 7) is 3.54. The van der Waals surface area contributed by atoms with Gasteiger partial charge in [-0.05, 0) is 0 Å². The fourth-order valence-electron chi connectivity index (χ4n) is 2.45. The Labute approximate surface area is 154 Å². The number of nitrogens with zero attached hydrogens (tertiary/aromatic N) is 1. The fraction of sp³-hybridized carbons (Fsp3) is 0.385. The SMILES string of the molecule is CC1=C(C)OP2(CN(C)C)(O1)Oc1c(Cl)c(Cl)c(Cl)c(Cl)c1O2. The Morgan fingerprint density at radius 2 is 1.13 bits per heavy atom. The van der Waals surface area contributed by atoms with Crippen LogP contribution in [0.3, 0.4) is 0 Å². The van der Waals surface area contributed by atoms with Crippen LogP contribution in [0.2, 0.25) is 20.1 Å². The van der Waals surface area contributed by atoms with Crippen LogP contribution in [-0.2, 0) is 9.05 Å². The first kappa shape index (κ1) is 17.5. The molecule has 0 N–H and O–H groups in total. The molecule has 10 heteroatoms. The first-order valence-electron chi connectivity index (χ1n) is 6.58. The van der Waals surface area contributed by atoms with Crippen LogP contribution in [0.4, 0.5) is 0 Å². The van der Waals surface area contributed by atoms with E-state index in [1.165, 1.54) is 0 Å². The van der Waals surface area contributed by atoms with Crippen molar-refractivity contribution in [2.45, 2.75) is 13.8 Å². The normalized spacial score (nSPS) is 22.0. The molecule has 0 fully saturated rings. The molecule has 0 atom stereocenters. The van der Waals surface area contributed by atoms with E-state index in [4.69, 9.17) is 64.5 Å². The monoisotopic (exact) mass is 419 g/mol. The molecule has 1 aromatic carbocycles. The number of fused-ring (bicyclic) bond motifs is 1. The zero-order valence-electron chi connectivity index (χ0n) is 12.7. The van der Waals surface area contributed by atoms with Gasteiger partial charge in [-0.3, -0.25) is 0 Å². The van der Waals surface area contributed by atoms with Gasteiger partial charge in [-0.25, -0.2) is 0 Å². The molecule has 0 amide bonds. The minimum atomic E-state index is -4.05. The summed E-state index contributed by atoms with van der Waals surface area (Å²) in [5.74, 6) is 1.49. The van der Waals surface area contributed by atoms with Crippen LogP contribution in [0.1, 0.15) is 13.8 Å². The van der Waals surface area contributed by atoms with Crippen LogP contribution in [-0.4, -0.2) is 25.3 Å². The molecular formula is C13H14Cl4NO4P. The molecule has 1 aromatic rings. The minimum absolute atomic E-state index is 0.0877. The van der Waals surface area contributed by atoms with E-state index in [0.29, 0.717) is 11.5 Å². The Kier molecular flexibility index (Phi) is 4.08. The Morgan fingerprint density at radius 1 is 0.739 bits per heavy atom. The molecular weight excluding hydrogens is 407 g/mol. The van der Waals surface area contributed by atoms with Gasteiger partial charge >= 0.3 is 154 Å². The van der Waals surface area contributed by atoms with Crippen molar-refractivity contribution in [3.63, 3.8) is 0 Å². The van der Waals surface area contributed by atoms with Crippen molar-refractivity contribution in [2.24, 2.45) is 0 Å². The van der Waals surface area contributed by atoms with Crippen molar-refractivity contribution in [3.05, 3.63) is 31.6 Å². The van der Waals surface area contributed by atoms with E-state index in [2.05, 4.69) is 0 Å². The van der Waals surface area contributed by atoms with Crippen molar-refractivity contribution < 1.29 is 18.1 Å². The van der Waals surface area contributed by atoms with Crippen LogP contribution in [0.15, 0.2) is 11.5 Å². The van der Waals surface area contributed by atoms with Gasteiger partial charge in [0.05, 0.1) is 0 Å². The number of halogens is 4. The summed E-state index contributed by atoms with van der Waals surface area (Å²) in [6, 6.07) is 0. The van der Waals surface area contributed by atoms with Crippen LogP contribution < -0.4 is 9.05 Å². The van der Waals surface area contributed by atoms with Gasteiger partial charge in [0.25, 0.3) is 0 Å². The van der Waals surface area contributed by atoms with Crippen molar-refractivity contribution >= 4 is 53.9 Å². The van der Waals surface area contributed by atoms with Gasteiger partial charge in [0, 0.05) is 0 Å². The van der Waals surface area contributed by atoms with Gasteiger partial charge in [-0.15, -0.1) is 0 Å². The van der Waals surface area contributed by atoms with E-state index >= 15 is 0 Å². The molecule has 0 bridgehead atoms. The number of hydrogen-bond donors (Lipinski definition) is 0. The number of rotatable bonds is 2. The van der Waals surface area contributed by atoms with Crippen molar-refractivity contribution in [2.75, 3.05) is 20.4 Å². The van der Waals surface area contributed by atoms with E-state index in [-0.39, 0.29) is 37.9 Å². The maximum atomic E-state index is 6.25. The molecule has 0 unspecified atom stereocenters. The van der Waals surface area contributed by atoms with Crippen LogP contribution in [0, 0.1) is 0 Å². The third-order valence-electron chi connectivity index (χ3n) is 3.35. The van der Waals surface area contributed by atoms with Gasteiger partial charge in [0.2, 0.25) is 0 Å². The maximum absolute atomic E-state index is 6.25. The Balaban J connectivity index is 2.17. The average molecular weight is 421 g/mol. The Hall–Kier alpha value is -0.290. The molecule has 0 radical (unpaired) electrons. The van der Waals surface area contributed by atoms with Gasteiger partial charge in [0.1, 0.15) is 0 Å². The first-order chi connectivity index (χ1) is 10.6. The number of hydrogen-bond acceptors (Lipinski definition) is 5. The summed E-state index contributed by atoms with van der Waals surface area (Å²) in [6.07, 6.45) is 0.233. The Morgan fingerprint density at radius 3 is 1.48 bits per heavy atom. The van der Waals surface area contributed by atoms with Crippen molar-refractivity contribution in [3.8, 4) is 11.5 Å². The molecule has 0 aliphatic carbocycles. The summed E-state index contributed by atoms with van der Waals surface area (Å²) in [4.78, 5) is 1.83. The van der Waals surface area contributed by atoms with Crippen LogP contribution in [0.5, 0.6) is 11.5 Å². The predicted octanol–water partition coefficient (Wildman–Crippen LogP) is 6.10. The second kappa shape index (κ2) is 5.35. The third kappa shape index (κ3) is 2.53. The van der Waals surface area contributed by atoms with Gasteiger partial charge in [-0.1, -0.05) is 0 Å². The number of benzene rings is 1. The van der Waals surface area contributed by atoms with E-state index in [1.807, 2.05) is 19.0 Å². The summed E-state index contributed by atoms with van der Waals surface area (Å²) in [5, 5.41) is 0.380. The van der Waals surface area contributed by atoms with Crippen molar-refractivity contribution in [1.82, 2.24) is 4.90 Å². The van der Waals surface area contributed by atoms with E-state index in [1.54, 1.807) is 13.8 Å². The first-order valence-corrected chi connectivity index (χ1v) is 10.2. The van der Waals surface area contributed by atoms with Crippen LogP contribution >= 0.6 is 53.9 Å². The van der Waals surface area contributed by atoms with Gasteiger partial charge in [-0.2, -0.15) is 0 Å². The summed E-state index contributed by atoms with van der Waals surface area (Å²) in [7, 11) is -0.362. The summed E-state index contributed by atoms with van der Waals surface area (Å²) < 4.78 is 24.1. The topological polar surface area (TPSA) is 40.2 Å². The molecule has 0 saturated heterocycles. The predicted molar refractivity (Wildman–Crippen MR) is 93.8 cm³/mol. The molecule has 2 aliphatic heterocycles. The van der Waals surface area contributed by atoms with E-state index < -0.39 is 7.51 Å². The molecule has 23 heavy (non-hydrogen) atoms. The second-order valence-electron chi connectivity index (χ2n) is 5.58. The van der Waals surface area contributed by atoms with Crippen molar-refractivity contribution in [1.29, 1.82) is 0 Å². The molecule has 0 aromatic heterocycles. The molecule has 2 heterocycles. The third-order valence-corrected chi connectivity index (χ3v) is 8.47. The zero-order chi connectivity index (χ0) is 17.2. The molecule has 128 valence electrons.